The van der Waals surface area contributed by atoms with E-state index in [0.717, 1.165) is 12.0 Å². The maximum atomic E-state index is 8.65. The molecule has 0 aliphatic rings. The van der Waals surface area contributed by atoms with Gasteiger partial charge in [0.15, 0.2) is 0 Å². The third-order valence-corrected chi connectivity index (χ3v) is 1.73. The van der Waals surface area contributed by atoms with Gasteiger partial charge in [-0.05, 0) is 18.6 Å². The van der Waals surface area contributed by atoms with Gasteiger partial charge in [-0.1, -0.05) is 37.0 Å². The Morgan fingerprint density at radius 2 is 2.00 bits per heavy atom. The van der Waals surface area contributed by atoms with E-state index < -0.39 is 0 Å². The number of rotatable bonds is 1. The Balaban J connectivity index is 2.74. The summed E-state index contributed by atoms with van der Waals surface area (Å²) in [4.78, 5) is 0. The first-order chi connectivity index (χ1) is 6.36. The number of hydrogen-bond acceptors (Lipinski definition) is 1. The Hall–Kier alpha value is -1.73. The lowest BCUT2D eigenvalue weighted by Crippen LogP contribution is -1.88. The molecule has 0 aliphatic heterocycles. The number of nitriles is 1. The molecule has 1 atom stereocenters. The van der Waals surface area contributed by atoms with Crippen molar-refractivity contribution < 1.29 is 0 Å². The quantitative estimate of drug-likeness (QED) is 0.593. The van der Waals surface area contributed by atoms with Gasteiger partial charge in [-0.3, -0.25) is 0 Å². The molecule has 0 bridgehead atoms. The van der Waals surface area contributed by atoms with Crippen LogP contribution in [0.4, 0.5) is 0 Å². The molecule has 1 aromatic carbocycles. The molecule has 0 saturated carbocycles. The number of benzene rings is 1. The average molecular weight is 169 g/mol. The predicted octanol–water partition coefficient (Wildman–Crippen LogP) is 2.59. The molecule has 1 aromatic rings. The fourth-order valence-electron chi connectivity index (χ4n) is 0.918. The molecule has 1 heteroatoms. The number of nitrogens with zero attached hydrogens (tertiary/aromatic N) is 1. The summed E-state index contributed by atoms with van der Waals surface area (Å²) in [7, 11) is 0. The highest BCUT2D eigenvalue weighted by Crippen LogP contribution is 2.00. The Bertz CT molecular complexity index is 348. The van der Waals surface area contributed by atoms with E-state index >= 15 is 0 Å². The van der Waals surface area contributed by atoms with Gasteiger partial charge in [0.1, 0.15) is 5.92 Å². The van der Waals surface area contributed by atoms with Crippen LogP contribution in [0, 0.1) is 29.1 Å². The van der Waals surface area contributed by atoms with Crippen molar-refractivity contribution >= 4 is 0 Å². The van der Waals surface area contributed by atoms with Crippen LogP contribution in [0.15, 0.2) is 30.3 Å². The van der Waals surface area contributed by atoms with E-state index in [-0.39, 0.29) is 5.92 Å². The van der Waals surface area contributed by atoms with E-state index in [1.807, 2.05) is 37.3 Å². The first-order valence-electron chi connectivity index (χ1n) is 4.33. The molecule has 0 aromatic heterocycles. The van der Waals surface area contributed by atoms with Crippen LogP contribution in [-0.4, -0.2) is 0 Å². The molecule has 1 rings (SSSR count). The normalized spacial score (nSPS) is 10.8. The third-order valence-electron chi connectivity index (χ3n) is 1.73. The van der Waals surface area contributed by atoms with Crippen molar-refractivity contribution in [2.45, 2.75) is 13.3 Å². The molecule has 0 spiro atoms. The van der Waals surface area contributed by atoms with Crippen LogP contribution in [0.1, 0.15) is 18.9 Å². The highest BCUT2D eigenvalue weighted by molar-refractivity contribution is 5.34. The second kappa shape index (κ2) is 5.01. The van der Waals surface area contributed by atoms with Gasteiger partial charge in [-0.25, -0.2) is 0 Å². The zero-order valence-corrected chi connectivity index (χ0v) is 7.62. The van der Waals surface area contributed by atoms with Crippen LogP contribution < -0.4 is 0 Å². The highest BCUT2D eigenvalue weighted by atomic mass is 14.2. The Morgan fingerprint density at radius 3 is 2.54 bits per heavy atom. The third kappa shape index (κ3) is 3.01. The molecule has 64 valence electrons. The standard InChI is InChI=1S/C12H11N/c1-2-11(10-13)8-9-12-6-4-3-5-7-12/h3-7,11H,2H2,1H3/t11-/m0/s1. The summed E-state index contributed by atoms with van der Waals surface area (Å²) in [6.07, 6.45) is 0.788. The molecular formula is C12H11N. The zero-order chi connectivity index (χ0) is 9.52. The maximum Gasteiger partial charge on any atom is 0.107 e. The van der Waals surface area contributed by atoms with Crippen LogP contribution in [-0.2, 0) is 0 Å². The summed E-state index contributed by atoms with van der Waals surface area (Å²) in [5, 5.41) is 8.65. The topological polar surface area (TPSA) is 23.8 Å². The molecule has 0 fully saturated rings. The van der Waals surface area contributed by atoms with E-state index in [0.29, 0.717) is 0 Å². The van der Waals surface area contributed by atoms with Gasteiger partial charge in [0, 0.05) is 5.56 Å². The van der Waals surface area contributed by atoms with Crippen molar-refractivity contribution in [2.24, 2.45) is 5.92 Å². The first-order valence-corrected chi connectivity index (χ1v) is 4.33. The second-order valence-corrected chi connectivity index (χ2v) is 2.73. The molecule has 13 heavy (non-hydrogen) atoms. The molecule has 0 radical (unpaired) electrons. The van der Waals surface area contributed by atoms with Crippen molar-refractivity contribution in [1.82, 2.24) is 0 Å². The molecule has 0 saturated heterocycles. The van der Waals surface area contributed by atoms with Crippen molar-refractivity contribution in [3.63, 3.8) is 0 Å². The lowest BCUT2D eigenvalue weighted by Gasteiger charge is -1.91. The monoisotopic (exact) mass is 169 g/mol. The molecule has 0 amide bonds. The van der Waals surface area contributed by atoms with Crippen molar-refractivity contribution in [1.29, 1.82) is 5.26 Å². The van der Waals surface area contributed by atoms with Crippen LogP contribution >= 0.6 is 0 Å². The SMILES string of the molecule is CC[C@H](C#N)C#Cc1ccccc1. The Kier molecular flexibility index (Phi) is 3.61. The van der Waals surface area contributed by atoms with Crippen LogP contribution in [0.2, 0.25) is 0 Å². The Labute approximate surface area is 79.0 Å². The molecular weight excluding hydrogens is 158 g/mol. The van der Waals surface area contributed by atoms with Gasteiger partial charge in [-0.15, -0.1) is 0 Å². The van der Waals surface area contributed by atoms with Gasteiger partial charge in [0.2, 0.25) is 0 Å². The second-order valence-electron chi connectivity index (χ2n) is 2.73. The van der Waals surface area contributed by atoms with Gasteiger partial charge in [-0.2, -0.15) is 5.26 Å². The van der Waals surface area contributed by atoms with Crippen molar-refractivity contribution in [3.8, 4) is 17.9 Å². The minimum Gasteiger partial charge on any atom is -0.197 e. The average Bonchev–Trinajstić information content (AvgIpc) is 2.21. The largest absolute Gasteiger partial charge is 0.197 e. The van der Waals surface area contributed by atoms with Crippen LogP contribution in [0.3, 0.4) is 0 Å². The van der Waals surface area contributed by atoms with Crippen molar-refractivity contribution in [2.75, 3.05) is 0 Å². The summed E-state index contributed by atoms with van der Waals surface area (Å²) in [6, 6.07) is 11.9. The summed E-state index contributed by atoms with van der Waals surface area (Å²) in [5.74, 6) is 5.76. The smallest absolute Gasteiger partial charge is 0.107 e. The fourth-order valence-corrected chi connectivity index (χ4v) is 0.918. The summed E-state index contributed by atoms with van der Waals surface area (Å²) in [5.41, 5.74) is 0.969. The van der Waals surface area contributed by atoms with Gasteiger partial charge < -0.3 is 0 Å². The van der Waals surface area contributed by atoms with E-state index in [1.165, 1.54) is 0 Å². The fraction of sp³-hybridized carbons (Fsp3) is 0.250. The molecule has 0 unspecified atom stereocenters. The van der Waals surface area contributed by atoms with Crippen molar-refractivity contribution in [3.05, 3.63) is 35.9 Å². The highest BCUT2D eigenvalue weighted by Gasteiger charge is 1.95. The molecule has 0 aliphatic carbocycles. The van der Waals surface area contributed by atoms with Crippen LogP contribution in [0.5, 0.6) is 0 Å². The Morgan fingerprint density at radius 1 is 1.31 bits per heavy atom. The van der Waals surface area contributed by atoms with Gasteiger partial charge >= 0.3 is 0 Å². The predicted molar refractivity (Wildman–Crippen MR) is 52.7 cm³/mol. The maximum absolute atomic E-state index is 8.65. The molecule has 0 N–H and O–H groups in total. The van der Waals surface area contributed by atoms with Gasteiger partial charge in [0.05, 0.1) is 6.07 Å². The summed E-state index contributed by atoms with van der Waals surface area (Å²) in [6.45, 7) is 1.97. The zero-order valence-electron chi connectivity index (χ0n) is 7.62. The number of hydrogen-bond donors (Lipinski definition) is 0. The summed E-state index contributed by atoms with van der Waals surface area (Å²) < 4.78 is 0. The van der Waals surface area contributed by atoms with E-state index in [2.05, 4.69) is 17.9 Å². The first kappa shape index (κ1) is 9.36. The summed E-state index contributed by atoms with van der Waals surface area (Å²) >= 11 is 0. The van der Waals surface area contributed by atoms with E-state index in [9.17, 15) is 0 Å². The molecule has 1 nitrogen and oxygen atoms in total. The van der Waals surface area contributed by atoms with Crippen LogP contribution in [0.25, 0.3) is 0 Å². The van der Waals surface area contributed by atoms with E-state index in [1.54, 1.807) is 0 Å². The molecule has 0 heterocycles. The minimum atomic E-state index is -0.139. The lowest BCUT2D eigenvalue weighted by molar-refractivity contribution is 0.814. The van der Waals surface area contributed by atoms with E-state index in [4.69, 9.17) is 5.26 Å². The lowest BCUT2D eigenvalue weighted by atomic mass is 10.1. The minimum absolute atomic E-state index is 0.139. The van der Waals surface area contributed by atoms with Gasteiger partial charge in [0.25, 0.3) is 0 Å².